The van der Waals surface area contributed by atoms with Crippen LogP contribution in [-0.4, -0.2) is 35.4 Å². The first-order valence-electron chi connectivity index (χ1n) is 10.7. The van der Waals surface area contributed by atoms with E-state index in [9.17, 15) is 4.79 Å². The summed E-state index contributed by atoms with van der Waals surface area (Å²) in [4.78, 5) is 20.0. The van der Waals surface area contributed by atoms with Gasteiger partial charge >= 0.3 is 0 Å². The molecular formula is C24H31N3O. The number of carbonyl (C=O) groups is 1. The highest BCUT2D eigenvalue weighted by molar-refractivity contribution is 5.90. The Bertz CT molecular complexity index is 715. The number of hydrogen-bond donors (Lipinski definition) is 1. The molecule has 2 aliphatic heterocycles. The molecule has 4 heteroatoms. The van der Waals surface area contributed by atoms with Gasteiger partial charge in [0.05, 0.1) is 5.69 Å². The van der Waals surface area contributed by atoms with Crippen LogP contribution in [-0.2, 0) is 10.2 Å². The molecule has 148 valence electrons. The van der Waals surface area contributed by atoms with Gasteiger partial charge in [0.15, 0.2) is 0 Å². The molecule has 1 aliphatic carbocycles. The van der Waals surface area contributed by atoms with Crippen LogP contribution in [0.1, 0.15) is 49.8 Å². The fraction of sp³-hybridized carbons (Fsp3) is 0.500. The number of aromatic nitrogens is 1. The van der Waals surface area contributed by atoms with Gasteiger partial charge in [-0.2, -0.15) is 0 Å². The predicted molar refractivity (Wildman–Crippen MR) is 112 cm³/mol. The van der Waals surface area contributed by atoms with Crippen molar-refractivity contribution < 1.29 is 4.79 Å². The molecule has 1 saturated carbocycles. The fourth-order valence-electron chi connectivity index (χ4n) is 5.30. The topological polar surface area (TPSA) is 59.2 Å². The molecule has 1 unspecified atom stereocenters. The fourth-order valence-corrected chi connectivity index (χ4v) is 5.30. The van der Waals surface area contributed by atoms with E-state index in [2.05, 4.69) is 9.88 Å². The first-order valence-corrected chi connectivity index (χ1v) is 10.7. The number of fused-ring (bicyclic) bond motifs is 4. The molecule has 1 aromatic carbocycles. The molecule has 4 nitrogen and oxygen atoms in total. The summed E-state index contributed by atoms with van der Waals surface area (Å²) in [5.74, 6) is 1.42. The second-order valence-electron chi connectivity index (χ2n) is 8.60. The maximum absolute atomic E-state index is 12.8. The molecule has 2 N–H and O–H groups in total. The van der Waals surface area contributed by atoms with Gasteiger partial charge in [-0.25, -0.2) is 0 Å². The third kappa shape index (κ3) is 3.83. The minimum absolute atomic E-state index is 0.312. The molecule has 5 rings (SSSR count). The first-order chi connectivity index (χ1) is 13.7. The number of hydrogen-bond acceptors (Lipinski definition) is 3. The largest absolute Gasteiger partial charge is 0.369 e. The Morgan fingerprint density at radius 3 is 2.21 bits per heavy atom. The van der Waals surface area contributed by atoms with Gasteiger partial charge in [-0.3, -0.25) is 9.78 Å². The van der Waals surface area contributed by atoms with Gasteiger partial charge in [-0.05, 0) is 74.6 Å². The predicted octanol–water partition coefficient (Wildman–Crippen LogP) is 3.76. The average molecular weight is 378 g/mol. The Hall–Kier alpha value is -2.20. The van der Waals surface area contributed by atoms with Gasteiger partial charge < -0.3 is 10.6 Å². The monoisotopic (exact) mass is 377 g/mol. The average Bonchev–Trinajstić information content (AvgIpc) is 3.05. The molecule has 3 fully saturated rings. The molecule has 2 bridgehead atoms. The second-order valence-corrected chi connectivity index (χ2v) is 8.60. The van der Waals surface area contributed by atoms with E-state index in [0.29, 0.717) is 6.42 Å². The van der Waals surface area contributed by atoms with E-state index in [4.69, 9.17) is 5.73 Å². The number of primary amides is 1. The maximum atomic E-state index is 12.8. The van der Waals surface area contributed by atoms with E-state index in [0.717, 1.165) is 36.1 Å². The Labute approximate surface area is 168 Å². The van der Waals surface area contributed by atoms with E-state index in [1.54, 1.807) is 6.20 Å². The minimum atomic E-state index is -0.868. The second kappa shape index (κ2) is 8.44. The van der Waals surface area contributed by atoms with Crippen molar-refractivity contribution in [2.45, 2.75) is 43.9 Å². The molecule has 0 radical (unpaired) electrons. The van der Waals surface area contributed by atoms with E-state index in [1.807, 2.05) is 48.5 Å². The van der Waals surface area contributed by atoms with Crippen molar-refractivity contribution in [3.63, 3.8) is 0 Å². The molecule has 2 aromatic rings. The van der Waals surface area contributed by atoms with Crippen LogP contribution in [0.15, 0.2) is 54.7 Å². The number of amides is 1. The zero-order valence-electron chi connectivity index (χ0n) is 16.6. The van der Waals surface area contributed by atoms with Crippen molar-refractivity contribution in [3.05, 3.63) is 66.0 Å². The van der Waals surface area contributed by atoms with Crippen LogP contribution in [0.3, 0.4) is 0 Å². The molecule has 3 heterocycles. The summed E-state index contributed by atoms with van der Waals surface area (Å²) in [6.07, 6.45) is 8.95. The highest BCUT2D eigenvalue weighted by Gasteiger charge is 2.41. The van der Waals surface area contributed by atoms with Crippen molar-refractivity contribution in [2.24, 2.45) is 17.6 Å². The summed E-state index contributed by atoms with van der Waals surface area (Å²) in [5, 5.41) is 0. The highest BCUT2D eigenvalue weighted by atomic mass is 16.1. The van der Waals surface area contributed by atoms with Crippen molar-refractivity contribution in [3.8, 4) is 0 Å². The molecule has 2 saturated heterocycles. The van der Waals surface area contributed by atoms with Crippen LogP contribution < -0.4 is 5.73 Å². The van der Waals surface area contributed by atoms with E-state index < -0.39 is 5.41 Å². The van der Waals surface area contributed by atoms with Crippen LogP contribution in [0.4, 0.5) is 0 Å². The Balaban J connectivity index is 1.55. The van der Waals surface area contributed by atoms with Crippen molar-refractivity contribution in [1.29, 1.82) is 0 Å². The number of benzene rings is 1. The summed E-state index contributed by atoms with van der Waals surface area (Å²) in [7, 11) is 0. The van der Waals surface area contributed by atoms with E-state index >= 15 is 0 Å². The summed E-state index contributed by atoms with van der Waals surface area (Å²) in [5.41, 5.74) is 6.87. The van der Waals surface area contributed by atoms with Gasteiger partial charge in [0, 0.05) is 19.3 Å². The third-order valence-electron chi connectivity index (χ3n) is 6.81. The molecular weight excluding hydrogens is 346 g/mol. The molecule has 3 aliphatic rings. The number of nitrogens with two attached hydrogens (primary N) is 1. The molecule has 1 aromatic heterocycles. The van der Waals surface area contributed by atoms with Crippen LogP contribution >= 0.6 is 0 Å². The summed E-state index contributed by atoms with van der Waals surface area (Å²) in [6.45, 7) is 3.46. The zero-order valence-corrected chi connectivity index (χ0v) is 16.6. The van der Waals surface area contributed by atoms with Crippen LogP contribution in [0.2, 0.25) is 0 Å². The number of rotatable bonds is 7. The highest BCUT2D eigenvalue weighted by Crippen LogP contribution is 2.37. The van der Waals surface area contributed by atoms with Crippen molar-refractivity contribution in [2.75, 3.05) is 19.6 Å². The zero-order chi connectivity index (χ0) is 19.4. The minimum Gasteiger partial charge on any atom is -0.369 e. The lowest BCUT2D eigenvalue weighted by molar-refractivity contribution is -0.122. The summed E-state index contributed by atoms with van der Waals surface area (Å²) >= 11 is 0. The normalized spacial score (nSPS) is 24.4. The summed E-state index contributed by atoms with van der Waals surface area (Å²) in [6, 6.07) is 15.7. The van der Waals surface area contributed by atoms with Crippen LogP contribution in [0.5, 0.6) is 0 Å². The van der Waals surface area contributed by atoms with Gasteiger partial charge in [-0.1, -0.05) is 36.4 Å². The summed E-state index contributed by atoms with van der Waals surface area (Å²) < 4.78 is 0. The standard InChI is InChI=1S/C24H31N3O/c25-23(28)24(21-7-2-1-3-8-21,22-9-4-5-15-26-22)14-6-16-27-17-19-10-11-20(18-27)13-12-19/h1-5,7-9,15,19-20H,6,10-14,16-18H2,(H2,25,28). The molecule has 28 heavy (non-hydrogen) atoms. The Morgan fingerprint density at radius 2 is 1.64 bits per heavy atom. The van der Waals surface area contributed by atoms with Crippen molar-refractivity contribution in [1.82, 2.24) is 9.88 Å². The third-order valence-corrected chi connectivity index (χ3v) is 6.81. The molecule has 1 atom stereocenters. The quantitative estimate of drug-likeness (QED) is 0.799. The number of carbonyl (C=O) groups excluding carboxylic acids is 1. The van der Waals surface area contributed by atoms with Gasteiger partial charge in [0.25, 0.3) is 0 Å². The lowest BCUT2D eigenvalue weighted by Crippen LogP contribution is -2.43. The van der Waals surface area contributed by atoms with Crippen LogP contribution in [0, 0.1) is 11.8 Å². The SMILES string of the molecule is NC(=O)C(CCCN1CC2CCC(CC2)C1)(c1ccccc1)c1ccccn1. The van der Waals surface area contributed by atoms with Crippen molar-refractivity contribution >= 4 is 5.91 Å². The van der Waals surface area contributed by atoms with E-state index in [-0.39, 0.29) is 5.91 Å². The number of pyridine rings is 1. The maximum Gasteiger partial charge on any atom is 0.234 e. The Kier molecular flexibility index (Phi) is 5.77. The number of nitrogens with zero attached hydrogens (tertiary/aromatic N) is 2. The smallest absolute Gasteiger partial charge is 0.234 e. The molecule has 0 spiro atoms. The van der Waals surface area contributed by atoms with E-state index in [1.165, 1.54) is 38.8 Å². The first kappa shape index (κ1) is 19.1. The van der Waals surface area contributed by atoms with Gasteiger partial charge in [0.1, 0.15) is 5.41 Å². The van der Waals surface area contributed by atoms with Gasteiger partial charge in [-0.15, -0.1) is 0 Å². The Morgan fingerprint density at radius 1 is 1.00 bits per heavy atom. The van der Waals surface area contributed by atoms with Gasteiger partial charge in [0.2, 0.25) is 5.91 Å². The van der Waals surface area contributed by atoms with Crippen LogP contribution in [0.25, 0.3) is 0 Å². The lowest BCUT2D eigenvalue weighted by atomic mass is 9.73. The lowest BCUT2D eigenvalue weighted by Gasteiger charge is -2.32. The molecule has 1 amide bonds.